The summed E-state index contributed by atoms with van der Waals surface area (Å²) >= 11 is 0. The van der Waals surface area contributed by atoms with Crippen LogP contribution in [0, 0.1) is 5.41 Å². The molecule has 0 radical (unpaired) electrons. The van der Waals surface area contributed by atoms with Crippen LogP contribution in [-0.4, -0.2) is 50.1 Å². The molecule has 1 aromatic carbocycles. The summed E-state index contributed by atoms with van der Waals surface area (Å²) in [7, 11) is 1.60. The van der Waals surface area contributed by atoms with Crippen molar-refractivity contribution >= 4 is 11.8 Å². The number of piperidine rings is 1. The Morgan fingerprint density at radius 3 is 2.60 bits per heavy atom. The first-order valence-electron chi connectivity index (χ1n) is 8.79. The fraction of sp³-hybridized carbons (Fsp3) is 0.579. The Bertz CT molecular complexity index is 588. The highest BCUT2D eigenvalue weighted by Crippen LogP contribution is 2.33. The molecule has 0 aromatic heterocycles. The van der Waals surface area contributed by atoms with Crippen LogP contribution in [0.2, 0.25) is 0 Å². The molecule has 1 fully saturated rings. The molecule has 1 unspecified atom stereocenters. The number of methoxy groups -OCH3 is 1. The average Bonchev–Trinajstić information content (AvgIpc) is 2.62. The van der Waals surface area contributed by atoms with E-state index in [2.05, 4.69) is 0 Å². The highest BCUT2D eigenvalue weighted by atomic mass is 16.5. The molecule has 25 heavy (non-hydrogen) atoms. The number of rotatable bonds is 8. The van der Waals surface area contributed by atoms with E-state index in [-0.39, 0.29) is 11.8 Å². The van der Waals surface area contributed by atoms with Gasteiger partial charge < -0.3 is 20.1 Å². The molecule has 0 spiro atoms. The van der Waals surface area contributed by atoms with Crippen molar-refractivity contribution in [2.45, 2.75) is 32.6 Å². The van der Waals surface area contributed by atoms with E-state index >= 15 is 0 Å². The van der Waals surface area contributed by atoms with Gasteiger partial charge in [0.25, 0.3) is 0 Å². The largest absolute Gasteiger partial charge is 0.494 e. The Labute approximate surface area is 149 Å². The van der Waals surface area contributed by atoms with Gasteiger partial charge in [-0.1, -0.05) is 12.1 Å². The first kappa shape index (κ1) is 19.2. The first-order chi connectivity index (χ1) is 12.0. The SMILES string of the molecule is CCOc1ccc(CC(=O)N2CCCC(CCOC)(C(N)=O)C2)cc1. The summed E-state index contributed by atoms with van der Waals surface area (Å²) in [5.41, 5.74) is 5.91. The third-order valence-corrected chi connectivity index (χ3v) is 4.83. The number of carbonyl (C=O) groups is 2. The van der Waals surface area contributed by atoms with Gasteiger partial charge in [0.2, 0.25) is 11.8 Å². The molecule has 138 valence electrons. The van der Waals surface area contributed by atoms with Crippen LogP contribution < -0.4 is 10.5 Å². The maximum absolute atomic E-state index is 12.7. The zero-order valence-corrected chi connectivity index (χ0v) is 15.1. The number of likely N-dealkylation sites (tertiary alicyclic amines) is 1. The molecule has 1 aliphatic rings. The van der Waals surface area contributed by atoms with Crippen LogP contribution in [0.1, 0.15) is 31.7 Å². The van der Waals surface area contributed by atoms with Gasteiger partial charge >= 0.3 is 0 Å². The number of nitrogens with two attached hydrogens (primary N) is 1. The Morgan fingerprint density at radius 2 is 2.00 bits per heavy atom. The number of amides is 2. The van der Waals surface area contributed by atoms with Crippen molar-refractivity contribution in [3.05, 3.63) is 29.8 Å². The van der Waals surface area contributed by atoms with Crippen molar-refractivity contribution < 1.29 is 19.1 Å². The summed E-state index contributed by atoms with van der Waals surface area (Å²) in [6.07, 6.45) is 2.34. The normalized spacial score (nSPS) is 20.3. The van der Waals surface area contributed by atoms with Gasteiger partial charge in [-0.05, 0) is 43.9 Å². The lowest BCUT2D eigenvalue weighted by Crippen LogP contribution is -2.53. The van der Waals surface area contributed by atoms with E-state index in [1.807, 2.05) is 31.2 Å². The fourth-order valence-electron chi connectivity index (χ4n) is 3.33. The average molecular weight is 348 g/mol. The highest BCUT2D eigenvalue weighted by molar-refractivity contribution is 5.84. The van der Waals surface area contributed by atoms with Crippen LogP contribution in [0.15, 0.2) is 24.3 Å². The Morgan fingerprint density at radius 1 is 1.28 bits per heavy atom. The van der Waals surface area contributed by atoms with Crippen LogP contribution in [-0.2, 0) is 20.7 Å². The first-order valence-corrected chi connectivity index (χ1v) is 8.79. The van der Waals surface area contributed by atoms with Gasteiger partial charge in [0.15, 0.2) is 0 Å². The van der Waals surface area contributed by atoms with Crippen molar-refractivity contribution in [1.82, 2.24) is 4.90 Å². The van der Waals surface area contributed by atoms with E-state index in [0.29, 0.717) is 45.6 Å². The lowest BCUT2D eigenvalue weighted by atomic mass is 9.76. The summed E-state index contributed by atoms with van der Waals surface area (Å²) in [6, 6.07) is 7.54. The monoisotopic (exact) mass is 348 g/mol. The Hall–Kier alpha value is -2.08. The maximum atomic E-state index is 12.7. The van der Waals surface area contributed by atoms with Gasteiger partial charge in [0, 0.05) is 26.8 Å². The van der Waals surface area contributed by atoms with Crippen LogP contribution in [0.4, 0.5) is 0 Å². The summed E-state index contributed by atoms with van der Waals surface area (Å²) < 4.78 is 10.5. The highest BCUT2D eigenvalue weighted by Gasteiger charge is 2.41. The molecule has 6 nitrogen and oxygen atoms in total. The lowest BCUT2D eigenvalue weighted by molar-refractivity contribution is -0.140. The van der Waals surface area contributed by atoms with Crippen molar-refractivity contribution in [2.75, 3.05) is 33.4 Å². The molecular weight excluding hydrogens is 320 g/mol. The van der Waals surface area contributed by atoms with Crippen molar-refractivity contribution in [2.24, 2.45) is 11.1 Å². The summed E-state index contributed by atoms with van der Waals surface area (Å²) in [6.45, 7) is 4.05. The molecule has 1 saturated heterocycles. The molecule has 1 heterocycles. The summed E-state index contributed by atoms with van der Waals surface area (Å²) in [4.78, 5) is 26.5. The number of ether oxygens (including phenoxy) is 2. The minimum atomic E-state index is -0.678. The molecule has 6 heteroatoms. The van der Waals surface area contributed by atoms with Crippen LogP contribution >= 0.6 is 0 Å². The van der Waals surface area contributed by atoms with Gasteiger partial charge in [0.05, 0.1) is 18.4 Å². The smallest absolute Gasteiger partial charge is 0.227 e. The lowest BCUT2D eigenvalue weighted by Gasteiger charge is -2.40. The number of benzene rings is 1. The van der Waals surface area contributed by atoms with Gasteiger partial charge in [-0.25, -0.2) is 0 Å². The number of hydrogen-bond donors (Lipinski definition) is 1. The topological polar surface area (TPSA) is 81.9 Å². The van der Waals surface area contributed by atoms with Crippen molar-refractivity contribution in [1.29, 1.82) is 0 Å². The third-order valence-electron chi connectivity index (χ3n) is 4.83. The second-order valence-electron chi connectivity index (χ2n) is 6.56. The summed E-state index contributed by atoms with van der Waals surface area (Å²) in [5.74, 6) is 0.471. The van der Waals surface area contributed by atoms with Gasteiger partial charge in [-0.3, -0.25) is 9.59 Å². The van der Waals surface area contributed by atoms with E-state index in [4.69, 9.17) is 15.2 Å². The molecule has 1 aliphatic heterocycles. The van der Waals surface area contributed by atoms with Crippen LogP contribution in [0.5, 0.6) is 5.75 Å². The zero-order chi connectivity index (χ0) is 18.3. The predicted octanol–water partition coefficient (Wildman–Crippen LogP) is 1.76. The minimum Gasteiger partial charge on any atom is -0.494 e. The minimum absolute atomic E-state index is 0.0203. The van der Waals surface area contributed by atoms with Crippen molar-refractivity contribution in [3.8, 4) is 5.75 Å². The Balaban J connectivity index is 2.01. The van der Waals surface area contributed by atoms with E-state index in [0.717, 1.165) is 17.7 Å². The zero-order valence-electron chi connectivity index (χ0n) is 15.1. The van der Waals surface area contributed by atoms with Gasteiger partial charge in [-0.15, -0.1) is 0 Å². The third kappa shape index (κ3) is 4.95. The van der Waals surface area contributed by atoms with Gasteiger partial charge in [0.1, 0.15) is 5.75 Å². The van der Waals surface area contributed by atoms with E-state index in [1.54, 1.807) is 12.0 Å². The molecule has 2 rings (SSSR count). The second kappa shape index (κ2) is 8.85. The van der Waals surface area contributed by atoms with E-state index in [9.17, 15) is 9.59 Å². The van der Waals surface area contributed by atoms with Crippen LogP contribution in [0.3, 0.4) is 0 Å². The summed E-state index contributed by atoms with van der Waals surface area (Å²) in [5, 5.41) is 0. The number of primary amides is 1. The molecule has 1 aromatic rings. The second-order valence-corrected chi connectivity index (χ2v) is 6.56. The van der Waals surface area contributed by atoms with E-state index in [1.165, 1.54) is 0 Å². The van der Waals surface area contributed by atoms with Crippen LogP contribution in [0.25, 0.3) is 0 Å². The molecule has 1 atom stereocenters. The van der Waals surface area contributed by atoms with E-state index < -0.39 is 5.41 Å². The Kier molecular flexibility index (Phi) is 6.82. The maximum Gasteiger partial charge on any atom is 0.227 e. The number of nitrogens with zero attached hydrogens (tertiary/aromatic N) is 1. The van der Waals surface area contributed by atoms with Gasteiger partial charge in [-0.2, -0.15) is 0 Å². The fourth-order valence-corrected chi connectivity index (χ4v) is 3.33. The number of hydrogen-bond acceptors (Lipinski definition) is 4. The predicted molar refractivity (Wildman–Crippen MR) is 95.2 cm³/mol. The molecule has 0 saturated carbocycles. The number of carbonyl (C=O) groups excluding carboxylic acids is 2. The standard InChI is InChI=1S/C19H28N2O4/c1-3-25-16-7-5-15(6-8-16)13-17(22)21-11-4-9-19(14-21,18(20)23)10-12-24-2/h5-8H,3-4,9-14H2,1-2H3,(H2,20,23). The molecule has 0 aliphatic carbocycles. The molecule has 2 amide bonds. The molecule has 0 bridgehead atoms. The molecule has 2 N–H and O–H groups in total. The van der Waals surface area contributed by atoms with Crippen molar-refractivity contribution in [3.63, 3.8) is 0 Å². The molecular formula is C19H28N2O4. The quantitative estimate of drug-likeness (QED) is 0.776.